The van der Waals surface area contributed by atoms with Crippen molar-refractivity contribution in [1.29, 1.82) is 0 Å². The van der Waals surface area contributed by atoms with Crippen molar-refractivity contribution in [3.8, 4) is 0 Å². The summed E-state index contributed by atoms with van der Waals surface area (Å²) in [5, 5.41) is 16.2. The Morgan fingerprint density at radius 1 is 1.31 bits per heavy atom. The van der Waals surface area contributed by atoms with E-state index in [2.05, 4.69) is 4.74 Å². The van der Waals surface area contributed by atoms with Gasteiger partial charge in [0.25, 0.3) is 0 Å². The van der Waals surface area contributed by atoms with Crippen LogP contribution in [-0.2, 0) is 9.53 Å². The molecule has 0 bridgehead atoms. The van der Waals surface area contributed by atoms with Crippen LogP contribution in [0.2, 0.25) is 0 Å². The van der Waals surface area contributed by atoms with Crippen molar-refractivity contribution in [2.24, 2.45) is 0 Å². The molecule has 13 heavy (non-hydrogen) atoms. The molecule has 2 N–H and O–H groups in total. The van der Waals surface area contributed by atoms with Crippen molar-refractivity contribution in [3.63, 3.8) is 0 Å². The maximum Gasteiger partial charge on any atom is 0.305 e. The molecule has 1 rings (SSSR count). The number of hydrogen-bond donors (Lipinski definition) is 2. The first-order chi connectivity index (χ1) is 5.39. The minimum Gasteiger partial charge on any atom is -0.466 e. The first-order valence-electron chi connectivity index (χ1n) is 4.00. The summed E-state index contributed by atoms with van der Waals surface area (Å²) in [6.07, 6.45) is 2.69. The third kappa shape index (κ3) is 18.4. The number of ether oxygens (including phenoxy) is 1. The van der Waals surface area contributed by atoms with Gasteiger partial charge in [-0.1, -0.05) is 7.43 Å². The molecule has 80 valence electrons. The lowest BCUT2D eigenvalue weighted by molar-refractivity contribution is -0.146. The molecule has 1 aliphatic rings. The monoisotopic (exact) mass is 192 g/mol. The molecule has 0 saturated carbocycles. The molecular weight excluding hydrogens is 172 g/mol. The maximum absolute atomic E-state index is 10.2. The van der Waals surface area contributed by atoms with Crippen molar-refractivity contribution in [3.05, 3.63) is 0 Å². The average Bonchev–Trinajstić information content (AvgIpc) is 1.85. The van der Waals surface area contributed by atoms with E-state index in [1.54, 1.807) is 0 Å². The molecular formula is C9H20O4. The quantitative estimate of drug-likeness (QED) is 0.445. The lowest BCUT2D eigenvalue weighted by Gasteiger charge is -2.08. The summed E-state index contributed by atoms with van der Waals surface area (Å²) in [5.74, 6) is -1.54. The highest BCUT2D eigenvalue weighted by molar-refractivity contribution is 5.69. The van der Waals surface area contributed by atoms with Crippen LogP contribution in [0.3, 0.4) is 0 Å². The molecule has 0 amide bonds. The van der Waals surface area contributed by atoms with E-state index in [1.807, 2.05) is 0 Å². The largest absolute Gasteiger partial charge is 0.466 e. The molecule has 4 nitrogen and oxygen atoms in total. The van der Waals surface area contributed by atoms with Crippen LogP contribution in [0.25, 0.3) is 0 Å². The third-order valence-corrected chi connectivity index (χ3v) is 1.04. The van der Waals surface area contributed by atoms with Crippen LogP contribution in [0.1, 0.15) is 40.5 Å². The van der Waals surface area contributed by atoms with E-state index in [4.69, 9.17) is 10.2 Å². The normalized spacial score (nSPS) is 16.2. The fourth-order valence-corrected chi connectivity index (χ4v) is 0.630. The number of carbonyl (C=O) groups excluding carboxylic acids is 1. The molecule has 1 saturated heterocycles. The van der Waals surface area contributed by atoms with Gasteiger partial charge in [-0.3, -0.25) is 4.79 Å². The van der Waals surface area contributed by atoms with Crippen molar-refractivity contribution in [1.82, 2.24) is 0 Å². The summed E-state index contributed by atoms with van der Waals surface area (Å²) in [4.78, 5) is 10.2. The van der Waals surface area contributed by atoms with Gasteiger partial charge in [-0.05, 0) is 26.7 Å². The zero-order valence-corrected chi connectivity index (χ0v) is 7.54. The fraction of sp³-hybridized carbons (Fsp3) is 0.889. The SMILES string of the molecule is C.CC(C)(O)O.O=C1CCCCO1. The number of hydrogen-bond acceptors (Lipinski definition) is 4. The zero-order chi connectivity index (χ0) is 9.61. The van der Waals surface area contributed by atoms with Gasteiger partial charge in [0.2, 0.25) is 0 Å². The number of rotatable bonds is 0. The van der Waals surface area contributed by atoms with E-state index in [0.29, 0.717) is 13.0 Å². The van der Waals surface area contributed by atoms with Crippen LogP contribution in [0.4, 0.5) is 0 Å². The van der Waals surface area contributed by atoms with E-state index >= 15 is 0 Å². The van der Waals surface area contributed by atoms with E-state index in [-0.39, 0.29) is 13.4 Å². The van der Waals surface area contributed by atoms with E-state index < -0.39 is 5.79 Å². The molecule has 1 heterocycles. The summed E-state index contributed by atoms with van der Waals surface area (Å²) in [6.45, 7) is 3.23. The smallest absolute Gasteiger partial charge is 0.305 e. The van der Waals surface area contributed by atoms with Gasteiger partial charge in [0, 0.05) is 6.42 Å². The van der Waals surface area contributed by atoms with Crippen molar-refractivity contribution in [2.45, 2.75) is 46.3 Å². The highest BCUT2D eigenvalue weighted by Gasteiger charge is 2.06. The van der Waals surface area contributed by atoms with Gasteiger partial charge in [0.1, 0.15) is 0 Å². The Labute approximate surface area is 79.5 Å². The predicted octanol–water partition coefficient (Wildman–Crippen LogP) is 1.06. The maximum atomic E-state index is 10.2. The van der Waals surface area contributed by atoms with Gasteiger partial charge in [-0.25, -0.2) is 0 Å². The summed E-state index contributed by atoms with van der Waals surface area (Å²) >= 11 is 0. The van der Waals surface area contributed by atoms with Crippen LogP contribution >= 0.6 is 0 Å². The molecule has 4 heteroatoms. The summed E-state index contributed by atoms with van der Waals surface area (Å²) in [5.41, 5.74) is 0. The van der Waals surface area contributed by atoms with Crippen LogP contribution in [0.5, 0.6) is 0 Å². The molecule has 0 aromatic rings. The topological polar surface area (TPSA) is 66.8 Å². The van der Waals surface area contributed by atoms with Gasteiger partial charge in [0.05, 0.1) is 6.61 Å². The van der Waals surface area contributed by atoms with Gasteiger partial charge in [-0.15, -0.1) is 0 Å². The molecule has 0 aromatic heterocycles. The Bertz CT molecular complexity index is 123. The van der Waals surface area contributed by atoms with Crippen molar-refractivity contribution in [2.75, 3.05) is 6.61 Å². The van der Waals surface area contributed by atoms with E-state index in [9.17, 15) is 4.79 Å². The van der Waals surface area contributed by atoms with E-state index in [0.717, 1.165) is 12.8 Å². The number of esters is 1. The first kappa shape index (κ1) is 14.9. The minimum atomic E-state index is -1.50. The Balaban J connectivity index is 0. The third-order valence-electron chi connectivity index (χ3n) is 1.04. The molecule has 1 aliphatic heterocycles. The molecule has 0 aliphatic carbocycles. The standard InChI is InChI=1S/C5H8O2.C3H8O2.CH4/c6-5-3-1-2-4-7-5;1-3(2,4)5;/h1-4H2;4-5H,1-2H3;1H4. The van der Waals surface area contributed by atoms with E-state index in [1.165, 1.54) is 13.8 Å². The average molecular weight is 192 g/mol. The number of aliphatic hydroxyl groups is 2. The lowest BCUT2D eigenvalue weighted by atomic mass is 10.2. The van der Waals surface area contributed by atoms with Crippen molar-refractivity contribution >= 4 is 5.97 Å². The number of cyclic esters (lactones) is 1. The molecule has 0 radical (unpaired) electrons. The lowest BCUT2D eigenvalue weighted by Crippen LogP contribution is -2.15. The molecule has 0 aromatic carbocycles. The number of carbonyl (C=O) groups is 1. The summed E-state index contributed by atoms with van der Waals surface area (Å²) in [7, 11) is 0. The van der Waals surface area contributed by atoms with Crippen LogP contribution in [0, 0.1) is 0 Å². The summed E-state index contributed by atoms with van der Waals surface area (Å²) < 4.78 is 4.64. The van der Waals surface area contributed by atoms with Crippen LogP contribution in [0.15, 0.2) is 0 Å². The van der Waals surface area contributed by atoms with Gasteiger partial charge in [-0.2, -0.15) is 0 Å². The molecule has 0 spiro atoms. The Morgan fingerprint density at radius 3 is 1.92 bits per heavy atom. The second-order valence-electron chi connectivity index (χ2n) is 3.17. The fourth-order valence-electron chi connectivity index (χ4n) is 0.630. The Kier molecular flexibility index (Phi) is 7.85. The van der Waals surface area contributed by atoms with Crippen molar-refractivity contribution < 1.29 is 19.7 Å². The Morgan fingerprint density at radius 2 is 1.77 bits per heavy atom. The highest BCUT2D eigenvalue weighted by Crippen LogP contribution is 2.04. The Hall–Kier alpha value is -0.610. The van der Waals surface area contributed by atoms with Gasteiger partial charge < -0.3 is 14.9 Å². The second-order valence-corrected chi connectivity index (χ2v) is 3.17. The summed E-state index contributed by atoms with van der Waals surface area (Å²) in [6, 6.07) is 0. The second kappa shape index (κ2) is 6.86. The molecule has 1 fully saturated rings. The molecule has 0 unspecified atom stereocenters. The van der Waals surface area contributed by atoms with Gasteiger partial charge in [0.15, 0.2) is 5.79 Å². The van der Waals surface area contributed by atoms with Crippen LogP contribution in [-0.4, -0.2) is 28.6 Å². The molecule has 0 atom stereocenters. The zero-order valence-electron chi connectivity index (χ0n) is 7.54. The van der Waals surface area contributed by atoms with Crippen LogP contribution < -0.4 is 0 Å². The minimum absolute atomic E-state index is 0. The van der Waals surface area contributed by atoms with Gasteiger partial charge >= 0.3 is 5.97 Å². The predicted molar refractivity (Wildman–Crippen MR) is 50.1 cm³/mol. The first-order valence-corrected chi connectivity index (χ1v) is 4.00. The highest BCUT2D eigenvalue weighted by atomic mass is 16.5.